The zero-order valence-electron chi connectivity index (χ0n) is 13.4. The number of fused-ring (bicyclic) bond motifs is 1. The van der Waals surface area contributed by atoms with Crippen LogP contribution in [0.15, 0.2) is 67.2 Å². The van der Waals surface area contributed by atoms with E-state index in [4.69, 9.17) is 0 Å². The molecule has 1 aromatic heterocycles. The van der Waals surface area contributed by atoms with Crippen LogP contribution in [0.3, 0.4) is 0 Å². The molecule has 0 unspecified atom stereocenters. The van der Waals surface area contributed by atoms with Gasteiger partial charge in [0.25, 0.3) is 0 Å². The molecule has 0 N–H and O–H groups in total. The van der Waals surface area contributed by atoms with Crippen molar-refractivity contribution in [3.63, 3.8) is 0 Å². The lowest BCUT2D eigenvalue weighted by Crippen LogP contribution is -2.34. The zero-order valence-corrected chi connectivity index (χ0v) is 13.4. The van der Waals surface area contributed by atoms with E-state index in [9.17, 15) is 0 Å². The Kier molecular flexibility index (Phi) is 3.68. The number of benzene rings is 2. The largest absolute Gasteiger partial charge is 0.378 e. The van der Waals surface area contributed by atoms with Crippen molar-refractivity contribution in [2.75, 3.05) is 19.0 Å². The molecular formula is C20H21N2+. The fourth-order valence-corrected chi connectivity index (χ4v) is 2.76. The molecule has 2 aromatic carbocycles. The summed E-state index contributed by atoms with van der Waals surface area (Å²) in [5.74, 6) is 0. The molecule has 0 aliphatic carbocycles. The Hall–Kier alpha value is -2.61. The number of aromatic nitrogens is 1. The summed E-state index contributed by atoms with van der Waals surface area (Å²) >= 11 is 0. The quantitative estimate of drug-likeness (QED) is 0.665. The summed E-state index contributed by atoms with van der Waals surface area (Å²) in [7, 11) is 6.19. The van der Waals surface area contributed by atoms with E-state index in [-0.39, 0.29) is 0 Å². The first-order valence-electron chi connectivity index (χ1n) is 7.43. The molecular weight excluding hydrogens is 268 g/mol. The predicted octanol–water partition coefficient (Wildman–Crippen LogP) is 3.79. The van der Waals surface area contributed by atoms with E-state index >= 15 is 0 Å². The fraction of sp³-hybridized carbons (Fsp3) is 0.150. The lowest BCUT2D eigenvalue weighted by molar-refractivity contribution is -0.647. The number of rotatable bonds is 3. The van der Waals surface area contributed by atoms with Gasteiger partial charge in [-0.1, -0.05) is 30.8 Å². The molecule has 0 aliphatic heterocycles. The van der Waals surface area contributed by atoms with Crippen LogP contribution in [0.25, 0.3) is 16.5 Å². The van der Waals surface area contributed by atoms with Crippen LogP contribution < -0.4 is 9.47 Å². The Bertz CT molecular complexity index is 830. The highest BCUT2D eigenvalue weighted by molar-refractivity contribution is 5.80. The summed E-state index contributed by atoms with van der Waals surface area (Å²) in [5, 5.41) is 1.24. The SMILES string of the molecule is C=C(c1ccc(N(C)C)cc1)c1ccc2ccccc2[n+]1C. The van der Waals surface area contributed by atoms with Crippen molar-refractivity contribution >= 4 is 22.2 Å². The highest BCUT2D eigenvalue weighted by atomic mass is 15.1. The van der Waals surface area contributed by atoms with Gasteiger partial charge >= 0.3 is 0 Å². The first-order chi connectivity index (χ1) is 10.6. The number of hydrogen-bond donors (Lipinski definition) is 0. The number of para-hydroxylation sites is 1. The lowest BCUT2D eigenvalue weighted by atomic mass is 10.0. The second-order valence-electron chi connectivity index (χ2n) is 5.76. The van der Waals surface area contributed by atoms with Crippen LogP contribution >= 0.6 is 0 Å². The average molecular weight is 289 g/mol. The maximum absolute atomic E-state index is 4.30. The molecule has 2 nitrogen and oxygen atoms in total. The van der Waals surface area contributed by atoms with E-state index in [2.05, 4.69) is 83.8 Å². The standard InChI is InChI=1S/C20H21N2/c1-15(16-9-12-18(13-10-16)21(2)3)19-14-11-17-7-5-6-8-20(17)22(19)4/h5-14H,1H2,2-4H3/q+1. The third-order valence-corrected chi connectivity index (χ3v) is 4.12. The molecule has 0 saturated carbocycles. The Morgan fingerprint density at radius 3 is 2.27 bits per heavy atom. The van der Waals surface area contributed by atoms with E-state index in [1.54, 1.807) is 0 Å². The highest BCUT2D eigenvalue weighted by Gasteiger charge is 2.15. The second-order valence-corrected chi connectivity index (χ2v) is 5.76. The molecule has 0 amide bonds. The molecule has 22 heavy (non-hydrogen) atoms. The number of nitrogens with zero attached hydrogens (tertiary/aromatic N) is 2. The molecule has 0 radical (unpaired) electrons. The van der Waals surface area contributed by atoms with Gasteiger partial charge in [-0.3, -0.25) is 0 Å². The smallest absolute Gasteiger partial charge is 0.212 e. The molecule has 3 rings (SSSR count). The first-order valence-corrected chi connectivity index (χ1v) is 7.43. The van der Waals surface area contributed by atoms with E-state index in [0.29, 0.717) is 0 Å². The van der Waals surface area contributed by atoms with E-state index in [1.165, 1.54) is 16.6 Å². The van der Waals surface area contributed by atoms with Gasteiger partial charge in [-0.25, -0.2) is 0 Å². The van der Waals surface area contributed by atoms with Crippen LogP contribution in [-0.4, -0.2) is 14.1 Å². The van der Waals surface area contributed by atoms with Crippen LogP contribution in [0.4, 0.5) is 5.69 Å². The van der Waals surface area contributed by atoms with E-state index in [1.807, 2.05) is 14.1 Å². The molecule has 1 heterocycles. The van der Waals surface area contributed by atoms with Crippen LogP contribution in [0.5, 0.6) is 0 Å². The molecule has 0 spiro atoms. The zero-order chi connectivity index (χ0) is 15.7. The fourth-order valence-electron chi connectivity index (χ4n) is 2.76. The molecule has 0 fully saturated rings. The molecule has 0 atom stereocenters. The Balaban J connectivity index is 2.03. The van der Waals surface area contributed by atoms with Gasteiger partial charge in [0.15, 0.2) is 0 Å². The first kappa shape index (κ1) is 14.3. The summed E-state index contributed by atoms with van der Waals surface area (Å²) < 4.78 is 2.21. The van der Waals surface area contributed by atoms with Crippen LogP contribution in [0, 0.1) is 0 Å². The van der Waals surface area contributed by atoms with Gasteiger partial charge in [0, 0.05) is 42.9 Å². The van der Waals surface area contributed by atoms with Crippen molar-refractivity contribution in [3.8, 4) is 0 Å². The van der Waals surface area contributed by atoms with Crippen molar-refractivity contribution < 1.29 is 4.57 Å². The van der Waals surface area contributed by atoms with Gasteiger partial charge in [0.1, 0.15) is 7.05 Å². The molecule has 2 heteroatoms. The molecule has 3 aromatic rings. The Labute approximate surface area is 131 Å². The third kappa shape index (κ3) is 2.48. The number of hydrogen-bond acceptors (Lipinski definition) is 1. The minimum atomic E-state index is 1.04. The van der Waals surface area contributed by atoms with Crippen LogP contribution in [0.2, 0.25) is 0 Å². The molecule has 0 saturated heterocycles. The van der Waals surface area contributed by atoms with Gasteiger partial charge in [0.05, 0.1) is 0 Å². The normalized spacial score (nSPS) is 10.7. The van der Waals surface area contributed by atoms with Gasteiger partial charge in [-0.05, 0) is 29.8 Å². The summed E-state index contributed by atoms with van der Waals surface area (Å²) in [4.78, 5) is 2.10. The van der Waals surface area contributed by atoms with E-state index < -0.39 is 0 Å². The number of anilines is 1. The third-order valence-electron chi connectivity index (χ3n) is 4.12. The lowest BCUT2D eigenvalue weighted by Gasteiger charge is -2.13. The minimum absolute atomic E-state index is 1.04. The van der Waals surface area contributed by atoms with Crippen molar-refractivity contribution in [1.82, 2.24) is 0 Å². The van der Waals surface area contributed by atoms with Crippen LogP contribution in [0.1, 0.15) is 11.3 Å². The minimum Gasteiger partial charge on any atom is -0.378 e. The van der Waals surface area contributed by atoms with Gasteiger partial charge < -0.3 is 4.90 Å². The topological polar surface area (TPSA) is 7.12 Å². The summed E-state index contributed by atoms with van der Waals surface area (Å²) in [5.41, 5.74) is 5.73. The second kappa shape index (κ2) is 5.64. The molecule has 110 valence electrons. The molecule has 0 bridgehead atoms. The van der Waals surface area contributed by atoms with Gasteiger partial charge in [-0.2, -0.15) is 4.57 Å². The summed E-state index contributed by atoms with van der Waals surface area (Å²) in [6.45, 7) is 4.30. The monoisotopic (exact) mass is 289 g/mol. The maximum Gasteiger partial charge on any atom is 0.212 e. The average Bonchev–Trinajstić information content (AvgIpc) is 2.55. The van der Waals surface area contributed by atoms with Crippen molar-refractivity contribution in [3.05, 3.63) is 78.5 Å². The molecule has 0 aliphatic rings. The predicted molar refractivity (Wildman–Crippen MR) is 94.0 cm³/mol. The Morgan fingerprint density at radius 1 is 0.909 bits per heavy atom. The van der Waals surface area contributed by atoms with Gasteiger partial charge in [-0.15, -0.1) is 0 Å². The number of aryl methyl sites for hydroxylation is 1. The number of pyridine rings is 1. The Morgan fingerprint density at radius 2 is 1.59 bits per heavy atom. The van der Waals surface area contributed by atoms with Crippen LogP contribution in [-0.2, 0) is 7.05 Å². The van der Waals surface area contributed by atoms with E-state index in [0.717, 1.165) is 16.8 Å². The maximum atomic E-state index is 4.30. The summed E-state index contributed by atoms with van der Waals surface area (Å²) in [6.07, 6.45) is 0. The van der Waals surface area contributed by atoms with Crippen molar-refractivity contribution in [2.45, 2.75) is 0 Å². The van der Waals surface area contributed by atoms with Gasteiger partial charge in [0.2, 0.25) is 11.2 Å². The summed E-state index contributed by atoms with van der Waals surface area (Å²) in [6, 6.07) is 21.2. The van der Waals surface area contributed by atoms with Crippen molar-refractivity contribution in [2.24, 2.45) is 7.05 Å². The highest BCUT2D eigenvalue weighted by Crippen LogP contribution is 2.23. The van der Waals surface area contributed by atoms with Crippen molar-refractivity contribution in [1.29, 1.82) is 0 Å².